The minimum atomic E-state index is -0.457. The van der Waals surface area contributed by atoms with E-state index in [1.54, 1.807) is 0 Å². The van der Waals surface area contributed by atoms with Crippen LogP contribution in [0.3, 0.4) is 0 Å². The van der Waals surface area contributed by atoms with E-state index in [4.69, 9.17) is 4.74 Å². The Kier molecular flexibility index (Phi) is 8.48. The van der Waals surface area contributed by atoms with Crippen molar-refractivity contribution in [3.63, 3.8) is 0 Å². The molecule has 0 aromatic rings. The molecular formula is C15H30N2O2. The first kappa shape index (κ1) is 18.0. The van der Waals surface area contributed by atoms with Gasteiger partial charge in [0.2, 0.25) is 0 Å². The maximum atomic E-state index is 11.8. The van der Waals surface area contributed by atoms with Gasteiger partial charge in [0, 0.05) is 18.6 Å². The van der Waals surface area contributed by atoms with Crippen LogP contribution in [0.5, 0.6) is 0 Å². The van der Waals surface area contributed by atoms with E-state index >= 15 is 0 Å². The van der Waals surface area contributed by atoms with E-state index in [0.29, 0.717) is 6.04 Å². The number of carbonyl (C=O) groups excluding carboxylic acids is 1. The Bertz CT molecular complexity index is 270. The summed E-state index contributed by atoms with van der Waals surface area (Å²) in [7, 11) is 0. The van der Waals surface area contributed by atoms with Gasteiger partial charge in [0.1, 0.15) is 5.60 Å². The zero-order valence-corrected chi connectivity index (χ0v) is 13.1. The van der Waals surface area contributed by atoms with Crippen molar-refractivity contribution in [2.24, 2.45) is 0 Å². The Hall–Kier alpha value is -1.03. The predicted octanol–water partition coefficient (Wildman–Crippen LogP) is 3.23. The van der Waals surface area contributed by atoms with Crippen LogP contribution in [-0.4, -0.2) is 30.3 Å². The molecule has 2 N–H and O–H groups in total. The highest BCUT2D eigenvalue weighted by Gasteiger charge is 2.19. The van der Waals surface area contributed by atoms with Gasteiger partial charge < -0.3 is 15.4 Å². The number of hydrogen-bond donors (Lipinski definition) is 2. The monoisotopic (exact) mass is 270 g/mol. The van der Waals surface area contributed by atoms with Gasteiger partial charge in [-0.05, 0) is 40.0 Å². The maximum Gasteiger partial charge on any atom is 0.407 e. The predicted molar refractivity (Wildman–Crippen MR) is 80.3 cm³/mol. The Balaban J connectivity index is 4.22. The zero-order chi connectivity index (χ0) is 14.9. The lowest BCUT2D eigenvalue weighted by atomic mass is 10.1. The average molecular weight is 270 g/mol. The summed E-state index contributed by atoms with van der Waals surface area (Å²) < 4.78 is 5.28. The summed E-state index contributed by atoms with van der Waals surface area (Å²) in [5.41, 5.74) is -0.457. The van der Waals surface area contributed by atoms with Crippen molar-refractivity contribution in [3.05, 3.63) is 12.7 Å². The van der Waals surface area contributed by atoms with Crippen LogP contribution >= 0.6 is 0 Å². The zero-order valence-electron chi connectivity index (χ0n) is 13.1. The molecular weight excluding hydrogens is 240 g/mol. The third-order valence-electron chi connectivity index (χ3n) is 2.45. The highest BCUT2D eigenvalue weighted by atomic mass is 16.6. The van der Waals surface area contributed by atoms with Crippen molar-refractivity contribution in [1.82, 2.24) is 10.6 Å². The molecule has 0 aliphatic rings. The fraction of sp³-hybridized carbons (Fsp3) is 0.800. The standard InChI is InChI=1S/C15H30N2O2/c1-7-8-9-10-13(11-16-12(2)3)17-14(18)19-15(4,5)6/h7,12-13,16H,1,8-11H2,2-6H3,(H,17,18). The topological polar surface area (TPSA) is 50.4 Å². The molecule has 0 aliphatic heterocycles. The summed E-state index contributed by atoms with van der Waals surface area (Å²) in [6.07, 6.45) is 4.46. The highest BCUT2D eigenvalue weighted by molar-refractivity contribution is 5.68. The van der Waals surface area contributed by atoms with Gasteiger partial charge in [-0.3, -0.25) is 0 Å². The van der Waals surface area contributed by atoms with Gasteiger partial charge in [0.05, 0.1) is 0 Å². The van der Waals surface area contributed by atoms with E-state index in [2.05, 4.69) is 31.1 Å². The smallest absolute Gasteiger partial charge is 0.407 e. The summed E-state index contributed by atoms with van der Waals surface area (Å²) in [5.74, 6) is 0. The number of unbranched alkanes of at least 4 members (excludes halogenated alkanes) is 1. The number of alkyl carbamates (subject to hydrolysis) is 1. The second kappa shape index (κ2) is 8.97. The molecule has 1 amide bonds. The highest BCUT2D eigenvalue weighted by Crippen LogP contribution is 2.08. The van der Waals surface area contributed by atoms with Crippen LogP contribution in [0.2, 0.25) is 0 Å². The Morgan fingerprint density at radius 1 is 1.37 bits per heavy atom. The number of allylic oxidation sites excluding steroid dienone is 1. The number of nitrogens with one attached hydrogen (secondary N) is 2. The minimum absolute atomic E-state index is 0.0946. The van der Waals surface area contributed by atoms with E-state index < -0.39 is 5.60 Å². The molecule has 0 saturated heterocycles. The molecule has 0 heterocycles. The van der Waals surface area contributed by atoms with Crippen LogP contribution < -0.4 is 10.6 Å². The summed E-state index contributed by atoms with van der Waals surface area (Å²) in [4.78, 5) is 11.8. The molecule has 0 radical (unpaired) electrons. The molecule has 1 unspecified atom stereocenters. The first-order valence-electron chi connectivity index (χ1n) is 7.08. The van der Waals surface area contributed by atoms with Gasteiger partial charge in [-0.2, -0.15) is 0 Å². The van der Waals surface area contributed by atoms with Gasteiger partial charge in [-0.1, -0.05) is 19.9 Å². The first-order valence-corrected chi connectivity index (χ1v) is 7.08. The molecule has 0 rings (SSSR count). The lowest BCUT2D eigenvalue weighted by Gasteiger charge is -2.24. The number of rotatable bonds is 8. The fourth-order valence-corrected chi connectivity index (χ4v) is 1.59. The third-order valence-corrected chi connectivity index (χ3v) is 2.45. The molecule has 0 aliphatic carbocycles. The minimum Gasteiger partial charge on any atom is -0.444 e. The van der Waals surface area contributed by atoms with Crippen molar-refractivity contribution < 1.29 is 9.53 Å². The van der Waals surface area contributed by atoms with Crippen LogP contribution in [0.25, 0.3) is 0 Å². The van der Waals surface area contributed by atoms with Crippen molar-refractivity contribution >= 4 is 6.09 Å². The molecule has 0 fully saturated rings. The second-order valence-corrected chi connectivity index (χ2v) is 6.13. The van der Waals surface area contributed by atoms with Gasteiger partial charge in [-0.15, -0.1) is 6.58 Å². The average Bonchev–Trinajstić information content (AvgIpc) is 2.23. The van der Waals surface area contributed by atoms with Gasteiger partial charge in [0.15, 0.2) is 0 Å². The van der Waals surface area contributed by atoms with Crippen molar-refractivity contribution in [2.75, 3.05) is 6.54 Å². The maximum absolute atomic E-state index is 11.8. The third kappa shape index (κ3) is 11.8. The molecule has 4 nitrogen and oxygen atoms in total. The van der Waals surface area contributed by atoms with E-state index in [1.807, 2.05) is 26.8 Å². The molecule has 0 aromatic heterocycles. The second-order valence-electron chi connectivity index (χ2n) is 6.13. The number of hydrogen-bond acceptors (Lipinski definition) is 3. The normalized spacial score (nSPS) is 13.2. The lowest BCUT2D eigenvalue weighted by Crippen LogP contribution is -2.45. The first-order chi connectivity index (χ1) is 8.74. The summed E-state index contributed by atoms with van der Waals surface area (Å²) in [5, 5.41) is 6.27. The largest absolute Gasteiger partial charge is 0.444 e. The summed E-state index contributed by atoms with van der Waals surface area (Å²) in [6, 6.07) is 0.500. The van der Waals surface area contributed by atoms with Crippen LogP contribution in [0.15, 0.2) is 12.7 Å². The number of ether oxygens (including phenoxy) is 1. The quantitative estimate of drug-likeness (QED) is 0.526. The van der Waals surface area contributed by atoms with Gasteiger partial charge in [-0.25, -0.2) is 4.79 Å². The molecule has 112 valence electrons. The van der Waals surface area contributed by atoms with E-state index in [9.17, 15) is 4.79 Å². The Morgan fingerprint density at radius 3 is 2.47 bits per heavy atom. The molecule has 0 saturated carbocycles. The van der Waals surface area contributed by atoms with E-state index in [0.717, 1.165) is 25.8 Å². The SMILES string of the molecule is C=CCCCC(CNC(C)C)NC(=O)OC(C)(C)C. The van der Waals surface area contributed by atoms with Crippen molar-refractivity contribution in [1.29, 1.82) is 0 Å². The van der Waals surface area contributed by atoms with Crippen LogP contribution in [0, 0.1) is 0 Å². The van der Waals surface area contributed by atoms with Crippen molar-refractivity contribution in [3.8, 4) is 0 Å². The van der Waals surface area contributed by atoms with Crippen molar-refractivity contribution in [2.45, 2.75) is 71.6 Å². The molecule has 19 heavy (non-hydrogen) atoms. The molecule has 0 aromatic carbocycles. The summed E-state index contributed by atoms with van der Waals surface area (Å²) >= 11 is 0. The number of amides is 1. The molecule has 0 bridgehead atoms. The van der Waals surface area contributed by atoms with Crippen LogP contribution in [-0.2, 0) is 4.74 Å². The van der Waals surface area contributed by atoms with E-state index in [-0.39, 0.29) is 12.1 Å². The summed E-state index contributed by atoms with van der Waals surface area (Å²) in [6.45, 7) is 14.3. The number of carbonyl (C=O) groups is 1. The van der Waals surface area contributed by atoms with Crippen LogP contribution in [0.1, 0.15) is 53.9 Å². The lowest BCUT2D eigenvalue weighted by molar-refractivity contribution is 0.0500. The molecule has 0 spiro atoms. The Labute approximate surface area is 118 Å². The van der Waals surface area contributed by atoms with Gasteiger partial charge in [0.25, 0.3) is 0 Å². The van der Waals surface area contributed by atoms with Gasteiger partial charge >= 0.3 is 6.09 Å². The molecule has 4 heteroatoms. The Morgan fingerprint density at radius 2 is 2.00 bits per heavy atom. The molecule has 1 atom stereocenters. The van der Waals surface area contributed by atoms with Crippen LogP contribution in [0.4, 0.5) is 4.79 Å². The fourth-order valence-electron chi connectivity index (χ4n) is 1.59. The van der Waals surface area contributed by atoms with E-state index in [1.165, 1.54) is 0 Å².